The van der Waals surface area contributed by atoms with E-state index in [1.54, 1.807) is 4.90 Å². The van der Waals surface area contributed by atoms with Gasteiger partial charge < -0.3 is 15.5 Å². The Morgan fingerprint density at radius 1 is 1.36 bits per heavy atom. The molecule has 134 valence electrons. The number of carbonyl (C=O) groups is 2. The number of amides is 3. The van der Waals surface area contributed by atoms with Crippen LogP contribution in [0.3, 0.4) is 0 Å². The van der Waals surface area contributed by atoms with Gasteiger partial charge >= 0.3 is 6.03 Å². The van der Waals surface area contributed by atoms with Crippen LogP contribution in [0, 0.1) is 11.3 Å². The molecule has 2 rings (SSSR count). The number of rotatable bonds is 6. The fourth-order valence-corrected chi connectivity index (χ4v) is 3.21. The third-order valence-electron chi connectivity index (χ3n) is 4.51. The van der Waals surface area contributed by atoms with E-state index in [1.165, 1.54) is 5.56 Å². The van der Waals surface area contributed by atoms with Gasteiger partial charge in [-0.3, -0.25) is 4.79 Å². The summed E-state index contributed by atoms with van der Waals surface area (Å²) in [5.41, 5.74) is 1.25. The van der Waals surface area contributed by atoms with Gasteiger partial charge in [0.25, 0.3) is 0 Å². The predicted molar refractivity (Wildman–Crippen MR) is 95.8 cm³/mol. The summed E-state index contributed by atoms with van der Waals surface area (Å²) < 4.78 is 0. The Morgan fingerprint density at radius 2 is 2.12 bits per heavy atom. The predicted octanol–water partition coefficient (Wildman–Crippen LogP) is 2.38. The maximum absolute atomic E-state index is 12.6. The topological polar surface area (TPSA) is 85.2 Å². The molecule has 1 saturated heterocycles. The van der Waals surface area contributed by atoms with Crippen LogP contribution in [0.15, 0.2) is 30.3 Å². The third-order valence-corrected chi connectivity index (χ3v) is 4.51. The summed E-state index contributed by atoms with van der Waals surface area (Å²) in [6, 6.07) is 11.3. The van der Waals surface area contributed by atoms with Crippen LogP contribution in [-0.2, 0) is 4.79 Å². The van der Waals surface area contributed by atoms with Crippen LogP contribution in [0.25, 0.3) is 0 Å². The molecule has 25 heavy (non-hydrogen) atoms. The number of nitrogens with zero attached hydrogens (tertiary/aromatic N) is 2. The number of hydrogen-bond acceptors (Lipinski definition) is 3. The maximum atomic E-state index is 12.6. The average molecular weight is 342 g/mol. The molecule has 1 heterocycles. The van der Waals surface area contributed by atoms with Gasteiger partial charge in [-0.1, -0.05) is 43.7 Å². The maximum Gasteiger partial charge on any atom is 0.318 e. The molecule has 0 spiro atoms. The van der Waals surface area contributed by atoms with E-state index in [0.717, 1.165) is 19.3 Å². The van der Waals surface area contributed by atoms with Gasteiger partial charge in [0.1, 0.15) is 12.6 Å². The van der Waals surface area contributed by atoms with Gasteiger partial charge in [0.15, 0.2) is 0 Å². The SMILES string of the molecule is CCCC(NC(=O)N1CCC[C@@H](c2ccccc2)C1)C(=O)NCC#N. The Labute approximate surface area is 149 Å². The molecule has 1 aromatic carbocycles. The van der Waals surface area contributed by atoms with Gasteiger partial charge in [-0.2, -0.15) is 5.26 Å². The number of urea groups is 1. The van der Waals surface area contributed by atoms with Crippen LogP contribution in [0.2, 0.25) is 0 Å². The van der Waals surface area contributed by atoms with Crippen molar-refractivity contribution in [1.29, 1.82) is 5.26 Å². The van der Waals surface area contributed by atoms with Crippen molar-refractivity contribution in [2.24, 2.45) is 0 Å². The van der Waals surface area contributed by atoms with Gasteiger partial charge in [-0.25, -0.2) is 4.79 Å². The molecular formula is C19H26N4O2. The van der Waals surface area contributed by atoms with Crippen LogP contribution >= 0.6 is 0 Å². The van der Waals surface area contributed by atoms with Gasteiger partial charge in [0.05, 0.1) is 6.07 Å². The summed E-state index contributed by atoms with van der Waals surface area (Å²) in [6.45, 7) is 3.28. The molecule has 0 aromatic heterocycles. The van der Waals surface area contributed by atoms with E-state index in [-0.39, 0.29) is 18.5 Å². The van der Waals surface area contributed by atoms with Crippen LogP contribution in [0.5, 0.6) is 0 Å². The Kier molecular flexibility index (Phi) is 7.27. The lowest BCUT2D eigenvalue weighted by atomic mass is 9.91. The van der Waals surface area contributed by atoms with Crippen molar-refractivity contribution in [2.75, 3.05) is 19.6 Å². The van der Waals surface area contributed by atoms with E-state index in [0.29, 0.717) is 25.4 Å². The van der Waals surface area contributed by atoms with Crippen LogP contribution < -0.4 is 10.6 Å². The minimum atomic E-state index is -0.594. The highest BCUT2D eigenvalue weighted by atomic mass is 16.2. The zero-order valence-electron chi connectivity index (χ0n) is 14.7. The molecule has 1 aliphatic rings. The Morgan fingerprint density at radius 3 is 2.80 bits per heavy atom. The number of carbonyl (C=O) groups excluding carboxylic acids is 2. The standard InChI is InChI=1S/C19H26N4O2/c1-2-7-17(18(24)21-12-11-20)22-19(25)23-13-6-10-16(14-23)15-8-4-3-5-9-15/h3-5,8-9,16-17H,2,6-7,10,12-14H2,1H3,(H,21,24)(H,22,25)/t16-,17?/m1/s1. The van der Waals surface area contributed by atoms with Crippen LogP contribution in [0.1, 0.15) is 44.1 Å². The highest BCUT2D eigenvalue weighted by Crippen LogP contribution is 2.26. The lowest BCUT2D eigenvalue weighted by Gasteiger charge is -2.34. The lowest BCUT2D eigenvalue weighted by Crippen LogP contribution is -2.53. The summed E-state index contributed by atoms with van der Waals surface area (Å²) in [4.78, 5) is 26.5. The summed E-state index contributed by atoms with van der Waals surface area (Å²) in [5.74, 6) is 0.0334. The van der Waals surface area contributed by atoms with Gasteiger partial charge in [-0.05, 0) is 24.8 Å². The normalized spacial score (nSPS) is 18.1. The average Bonchev–Trinajstić information content (AvgIpc) is 2.66. The number of nitriles is 1. The second-order valence-corrected chi connectivity index (χ2v) is 6.36. The van der Waals surface area contributed by atoms with Crippen molar-refractivity contribution in [2.45, 2.75) is 44.6 Å². The van der Waals surface area contributed by atoms with Gasteiger partial charge in [-0.15, -0.1) is 0 Å². The van der Waals surface area contributed by atoms with E-state index >= 15 is 0 Å². The van der Waals surface area contributed by atoms with E-state index in [9.17, 15) is 9.59 Å². The second-order valence-electron chi connectivity index (χ2n) is 6.36. The molecule has 2 N–H and O–H groups in total. The summed E-state index contributed by atoms with van der Waals surface area (Å²) in [7, 11) is 0. The van der Waals surface area contributed by atoms with E-state index in [4.69, 9.17) is 5.26 Å². The fraction of sp³-hybridized carbons (Fsp3) is 0.526. The molecule has 6 heteroatoms. The highest BCUT2D eigenvalue weighted by molar-refractivity contribution is 5.87. The van der Waals surface area contributed by atoms with Crippen molar-refractivity contribution < 1.29 is 9.59 Å². The zero-order chi connectivity index (χ0) is 18.1. The van der Waals surface area contributed by atoms with E-state index < -0.39 is 6.04 Å². The van der Waals surface area contributed by atoms with Crippen molar-refractivity contribution >= 4 is 11.9 Å². The number of nitrogens with one attached hydrogen (secondary N) is 2. The first kappa shape index (κ1) is 18.8. The molecule has 1 aromatic rings. The molecule has 6 nitrogen and oxygen atoms in total. The minimum Gasteiger partial charge on any atom is -0.341 e. The Balaban J connectivity index is 1.96. The monoisotopic (exact) mass is 342 g/mol. The summed E-state index contributed by atoms with van der Waals surface area (Å²) in [6.07, 6.45) is 3.34. The van der Waals surface area contributed by atoms with Crippen molar-refractivity contribution in [1.82, 2.24) is 15.5 Å². The van der Waals surface area contributed by atoms with Gasteiger partial charge in [0, 0.05) is 19.0 Å². The van der Waals surface area contributed by atoms with Crippen molar-refractivity contribution in [3.63, 3.8) is 0 Å². The molecule has 1 unspecified atom stereocenters. The fourth-order valence-electron chi connectivity index (χ4n) is 3.21. The van der Waals surface area contributed by atoms with Crippen molar-refractivity contribution in [3.8, 4) is 6.07 Å². The molecule has 2 atom stereocenters. The van der Waals surface area contributed by atoms with E-state index in [2.05, 4.69) is 22.8 Å². The smallest absolute Gasteiger partial charge is 0.318 e. The molecular weight excluding hydrogens is 316 g/mol. The third kappa shape index (κ3) is 5.49. The Bertz CT molecular complexity index is 612. The second kappa shape index (κ2) is 9.67. The molecule has 1 aliphatic heterocycles. The largest absolute Gasteiger partial charge is 0.341 e. The molecule has 0 aliphatic carbocycles. The molecule has 3 amide bonds. The first-order valence-electron chi connectivity index (χ1n) is 8.90. The zero-order valence-corrected chi connectivity index (χ0v) is 14.7. The Hall–Kier alpha value is -2.55. The minimum absolute atomic E-state index is 0.0469. The molecule has 0 saturated carbocycles. The summed E-state index contributed by atoms with van der Waals surface area (Å²) >= 11 is 0. The quantitative estimate of drug-likeness (QED) is 0.778. The lowest BCUT2D eigenvalue weighted by molar-refractivity contribution is -0.122. The first-order chi connectivity index (χ1) is 12.2. The number of piperidine rings is 1. The molecule has 0 radical (unpaired) electrons. The first-order valence-corrected chi connectivity index (χ1v) is 8.90. The van der Waals surface area contributed by atoms with Crippen LogP contribution in [-0.4, -0.2) is 42.5 Å². The molecule has 1 fully saturated rings. The molecule has 0 bridgehead atoms. The van der Waals surface area contributed by atoms with Gasteiger partial charge in [0.2, 0.25) is 5.91 Å². The number of hydrogen-bond donors (Lipinski definition) is 2. The van der Waals surface area contributed by atoms with Crippen molar-refractivity contribution in [3.05, 3.63) is 35.9 Å². The van der Waals surface area contributed by atoms with Crippen LogP contribution in [0.4, 0.5) is 4.79 Å². The highest BCUT2D eigenvalue weighted by Gasteiger charge is 2.27. The van der Waals surface area contributed by atoms with E-state index in [1.807, 2.05) is 31.2 Å². The number of likely N-dealkylation sites (tertiary alicyclic amines) is 1. The number of benzene rings is 1. The summed E-state index contributed by atoms with van der Waals surface area (Å²) in [5, 5.41) is 14.0.